The van der Waals surface area contributed by atoms with Crippen molar-refractivity contribution < 1.29 is 112 Å². The third-order valence-corrected chi connectivity index (χ3v) is 16.2. The third-order valence-electron chi connectivity index (χ3n) is 12.0. The number of carboxylic acid groups (broad SMARTS) is 1. The van der Waals surface area contributed by atoms with Gasteiger partial charge in [0.15, 0.2) is 0 Å². The van der Waals surface area contributed by atoms with Gasteiger partial charge in [0.2, 0.25) is 0 Å². The summed E-state index contributed by atoms with van der Waals surface area (Å²) in [4.78, 5) is 86.9. The van der Waals surface area contributed by atoms with Crippen LogP contribution in [0.5, 0.6) is 0 Å². The predicted octanol–water partition coefficient (Wildman–Crippen LogP) is 8.11. The van der Waals surface area contributed by atoms with Gasteiger partial charge in [-0.05, 0) is 149 Å². The maximum atomic E-state index is 12.2. The zero-order valence-corrected chi connectivity index (χ0v) is 60.8. The van der Waals surface area contributed by atoms with E-state index in [1.165, 1.54) is 40.1 Å². The van der Waals surface area contributed by atoms with Gasteiger partial charge in [0, 0.05) is 11.1 Å². The standard InChI is InChI=1S/C25H26O2P.C23H32O2.C19H23O2.C10H12O2.2CO2.3CH4.BrH.2Li/c1-3-27-25(26)21(2)19-20-28(22-13-7-4-8-14-22,23-15-9-5-10-16-23)24-17-11-6-12-18-24;1-7-19(3)15-11-16-20(4)13-9-10-14-21(5)17-12-18-22(6)23(24)25-8-2;1-5-6-7-11-16(2)12-8-9-13-17(3)14-10-15-18(4)19(20)21;1-9(7-11)5-3-4-6-10(2)8-12;2*2-1-3;;;;;;/h4-19H,3,20H2,1-2H3;9-18H,7-8H2,1-6H3;6-15H,1-4H3,(H,20,21);3-8H,1-2H3;;;3*1H4;1H;;/q+1;;-1;;;;;;;;2*+1/p-2/b21-19+;10-9+,16-11+,17-12+,19-15+,20-13+,21-14+,22-18+;9-8+,11-7+,14-10+,16-12+,17-13+,18-15+;4-3+,9-5+,10-6+;;;;;;;;. The molecule has 98 heavy (non-hydrogen) atoms. The fourth-order valence-corrected chi connectivity index (χ4v) is 10.9. The number of hydrogen-bond donors (Lipinski definition) is 0. The molecule has 0 unspecified atom stereocenters. The molecule has 0 aliphatic rings. The Morgan fingerprint density at radius 1 is 0.439 bits per heavy atom. The molecule has 3 aromatic rings. The average molecular weight is 1410 g/mol. The number of hydrogen-bond acceptors (Lipinski definition) is 12. The van der Waals surface area contributed by atoms with E-state index in [1.807, 2.05) is 139 Å². The van der Waals surface area contributed by atoms with E-state index in [9.17, 15) is 29.1 Å². The van der Waals surface area contributed by atoms with Crippen molar-refractivity contribution in [2.75, 3.05) is 19.4 Å². The number of ether oxygens (including phenoxy) is 2. The van der Waals surface area contributed by atoms with Crippen LogP contribution in [0.2, 0.25) is 0 Å². The van der Waals surface area contributed by atoms with Crippen LogP contribution in [0.4, 0.5) is 0 Å². The van der Waals surface area contributed by atoms with Crippen LogP contribution in [-0.2, 0) is 52.6 Å². The molecule has 0 aliphatic carbocycles. The molecule has 16 heteroatoms. The number of benzene rings is 3. The van der Waals surface area contributed by atoms with E-state index in [4.69, 9.17) is 28.7 Å². The minimum atomic E-state index is -1.95. The van der Waals surface area contributed by atoms with Gasteiger partial charge in [-0.2, -0.15) is 19.2 Å². The molecule has 0 amide bonds. The van der Waals surface area contributed by atoms with Crippen molar-refractivity contribution in [1.82, 2.24) is 0 Å². The van der Waals surface area contributed by atoms with Crippen molar-refractivity contribution in [3.05, 3.63) is 305 Å². The first-order valence-electron chi connectivity index (χ1n) is 29.5. The third kappa shape index (κ3) is 56.7. The second kappa shape index (κ2) is 72.9. The summed E-state index contributed by atoms with van der Waals surface area (Å²) in [5, 5.41) is 14.4. The zero-order valence-electron chi connectivity index (χ0n) is 58.3. The van der Waals surface area contributed by atoms with E-state index in [0.717, 1.165) is 41.9 Å². The van der Waals surface area contributed by atoms with E-state index in [1.54, 1.807) is 64.2 Å². The van der Waals surface area contributed by atoms with Gasteiger partial charge in [-0.3, -0.25) is 15.7 Å². The van der Waals surface area contributed by atoms with Crippen molar-refractivity contribution in [1.29, 1.82) is 0 Å². The van der Waals surface area contributed by atoms with Crippen LogP contribution in [0.1, 0.15) is 126 Å². The summed E-state index contributed by atoms with van der Waals surface area (Å²) in [7, 11) is -1.95. The number of carbonyl (C=O) groups excluding carboxylic acids is 9. The van der Waals surface area contributed by atoms with E-state index < -0.39 is 13.2 Å². The van der Waals surface area contributed by atoms with Crippen LogP contribution in [0.3, 0.4) is 0 Å². The number of carboxylic acids is 1. The summed E-state index contributed by atoms with van der Waals surface area (Å²) in [6.45, 7) is 27.2. The molecule has 0 bridgehead atoms. The Balaban J connectivity index is -0.000000151. The number of carbonyl (C=O) groups is 5. The largest absolute Gasteiger partial charge is 1.00 e. The van der Waals surface area contributed by atoms with E-state index in [0.29, 0.717) is 35.5 Å². The van der Waals surface area contributed by atoms with E-state index >= 15 is 0 Å². The van der Waals surface area contributed by atoms with Gasteiger partial charge in [0.25, 0.3) is 0 Å². The summed E-state index contributed by atoms with van der Waals surface area (Å²) >= 11 is 0. The Labute approximate surface area is 623 Å². The number of rotatable bonds is 27. The van der Waals surface area contributed by atoms with Crippen LogP contribution >= 0.6 is 7.26 Å². The summed E-state index contributed by atoms with van der Waals surface area (Å²) in [5.74, 6) is -1.66. The zero-order chi connectivity index (χ0) is 69.8. The fourth-order valence-electron chi connectivity index (χ4n) is 6.81. The van der Waals surface area contributed by atoms with Gasteiger partial charge < -0.3 is 36.4 Å². The maximum absolute atomic E-state index is 12.2. The quantitative estimate of drug-likeness (QED) is 0.0136. The van der Waals surface area contributed by atoms with Gasteiger partial charge in [0.05, 0.1) is 25.3 Å². The summed E-state index contributed by atoms with van der Waals surface area (Å²) in [5.41, 5.74) is 8.62. The van der Waals surface area contributed by atoms with Crippen molar-refractivity contribution in [3.63, 3.8) is 0 Å². The normalized spacial score (nSPS) is 12.3. The Morgan fingerprint density at radius 2 is 0.724 bits per heavy atom. The molecule has 12 nitrogen and oxygen atoms in total. The first kappa shape index (κ1) is 108. The SMILES string of the molecule is C.C.C.CCOC(=O)/C(C)=C/C=C/C(C)=C/C=C/C=C(C)/C=C/C=C(\C)CC.CCOC(=O)/C(C)=C/C[P+](c1ccccc1)(c1ccccc1)c1ccccc1.C[C-]=C/C=C/C(C)=C/C=C/C=C(C)/C=C/C=C(\C)C(=O)[O-].C\C(C=O)=C/C=C/C=C(\C)C=O.O=C=O.O=C=O.[Br-].[Li+].[Li+]. The molecule has 0 saturated heterocycles. The number of aliphatic carboxylic acids is 1. The molecule has 0 radical (unpaired) electrons. The van der Waals surface area contributed by atoms with Crippen molar-refractivity contribution in [2.24, 2.45) is 0 Å². The molecule has 3 rings (SSSR count). The summed E-state index contributed by atoms with van der Waals surface area (Å²) in [6.07, 6.45) is 54.4. The monoisotopic (exact) mass is 1400 g/mol. The molecule has 0 atom stereocenters. The van der Waals surface area contributed by atoms with Crippen molar-refractivity contribution >= 4 is 66.0 Å². The summed E-state index contributed by atoms with van der Waals surface area (Å²) < 4.78 is 10.1. The average Bonchev–Trinajstić information content (AvgIpc) is 0.761. The van der Waals surface area contributed by atoms with Crippen LogP contribution in [0, 0.1) is 6.08 Å². The van der Waals surface area contributed by atoms with Gasteiger partial charge in [0.1, 0.15) is 35.7 Å². The number of esters is 2. The van der Waals surface area contributed by atoms with Gasteiger partial charge in [-0.1, -0.05) is 239 Å². The van der Waals surface area contributed by atoms with E-state index in [2.05, 4.69) is 130 Å². The first-order chi connectivity index (χ1) is 44.1. The molecule has 0 spiro atoms. The molecule has 3 aromatic carbocycles. The van der Waals surface area contributed by atoms with Crippen LogP contribution in [0.25, 0.3) is 0 Å². The number of halogens is 1. The molecule has 0 saturated carbocycles. The molecule has 0 heterocycles. The molecule has 0 N–H and O–H groups in total. The van der Waals surface area contributed by atoms with Crippen LogP contribution < -0.4 is 75.7 Å². The van der Waals surface area contributed by atoms with Gasteiger partial charge >= 0.3 is 62.0 Å². The summed E-state index contributed by atoms with van der Waals surface area (Å²) in [6, 6.07) is 32.0. The van der Waals surface area contributed by atoms with Crippen molar-refractivity contribution in [2.45, 2.75) is 126 Å². The van der Waals surface area contributed by atoms with Crippen LogP contribution in [-0.4, -0.2) is 62.2 Å². The van der Waals surface area contributed by atoms with Crippen molar-refractivity contribution in [3.8, 4) is 0 Å². The minimum absolute atomic E-state index is 0. The van der Waals surface area contributed by atoms with Gasteiger partial charge in [-0.25, -0.2) is 21.7 Å². The Bertz CT molecular complexity index is 3230. The molecule has 0 aromatic heterocycles. The second-order valence-electron chi connectivity index (χ2n) is 19.6. The van der Waals surface area contributed by atoms with E-state index in [-0.39, 0.29) is 107 Å². The number of aldehydes is 2. The topological polar surface area (TPSA) is 195 Å². The predicted molar refractivity (Wildman–Crippen MR) is 396 cm³/mol. The number of allylic oxidation sites excluding steroid dienone is 33. The fraction of sp³-hybridized carbons (Fsp3) is 0.256. The molecular weight excluding hydrogens is 1300 g/mol. The molecule has 0 aliphatic heterocycles. The van der Waals surface area contributed by atoms with Crippen LogP contribution in [0.15, 0.2) is 299 Å². The Kier molecular flexibility index (Phi) is 80.5. The molecular formula is C82H104BrLi2O12P. The first-order valence-corrected chi connectivity index (χ1v) is 31.5. The molecule has 518 valence electrons. The smallest absolute Gasteiger partial charge is 1.00 e. The Morgan fingerprint density at radius 3 is 1.01 bits per heavy atom. The van der Waals surface area contributed by atoms with Gasteiger partial charge in [-0.15, -0.1) is 13.0 Å². The Hall–Kier alpha value is -8.41. The minimum Gasteiger partial charge on any atom is -1.00 e. The second-order valence-corrected chi connectivity index (χ2v) is 23.1. The maximum Gasteiger partial charge on any atom is 1.00 e. The molecule has 0 fully saturated rings.